The minimum atomic E-state index is -0.743. The number of amides is 1. The number of hydrogen-bond donors (Lipinski definition) is 2. The number of amidine groups is 1. The molecule has 0 spiro atoms. The van der Waals surface area contributed by atoms with Crippen LogP contribution in [0.25, 0.3) is 0 Å². The number of nitrogens with zero attached hydrogens (tertiary/aromatic N) is 2. The lowest BCUT2D eigenvalue weighted by atomic mass is 9.82. The first-order chi connectivity index (χ1) is 9.15. The Hall–Kier alpha value is -1.26. The van der Waals surface area contributed by atoms with E-state index in [0.717, 1.165) is 25.7 Å². The number of hydrogen-bond acceptors (Lipinski definition) is 3. The molecule has 2 aliphatic carbocycles. The van der Waals surface area contributed by atoms with Crippen LogP contribution in [0.15, 0.2) is 5.16 Å². The highest BCUT2D eigenvalue weighted by Gasteiger charge is 2.48. The number of carbonyl (C=O) groups is 1. The second-order valence-electron chi connectivity index (χ2n) is 5.80. The standard InChI is InChI=1S/C14H25N3O2/c1-2-17(11-7-3-4-8-11)13(18)14(12(15)16-19)9-5-6-10-14/h11,19H,2-10H2,1H3,(H2,15,16). The second kappa shape index (κ2) is 5.80. The van der Waals surface area contributed by atoms with Gasteiger partial charge in [-0.05, 0) is 32.6 Å². The van der Waals surface area contributed by atoms with Crippen LogP contribution in [-0.2, 0) is 4.79 Å². The van der Waals surface area contributed by atoms with Crippen LogP contribution in [0.1, 0.15) is 58.3 Å². The summed E-state index contributed by atoms with van der Waals surface area (Å²) in [6.07, 6.45) is 7.96. The van der Waals surface area contributed by atoms with E-state index in [9.17, 15) is 4.79 Å². The van der Waals surface area contributed by atoms with Crippen molar-refractivity contribution in [3.8, 4) is 0 Å². The molecular weight excluding hydrogens is 242 g/mol. The Labute approximate surface area is 114 Å². The molecule has 0 saturated heterocycles. The molecule has 2 aliphatic rings. The molecule has 0 aliphatic heterocycles. The van der Waals surface area contributed by atoms with Crippen molar-refractivity contribution in [3.63, 3.8) is 0 Å². The van der Waals surface area contributed by atoms with Crippen LogP contribution in [0.3, 0.4) is 0 Å². The largest absolute Gasteiger partial charge is 0.409 e. The van der Waals surface area contributed by atoms with E-state index >= 15 is 0 Å². The van der Waals surface area contributed by atoms with Gasteiger partial charge in [0.2, 0.25) is 5.91 Å². The molecule has 2 saturated carbocycles. The normalized spacial score (nSPS) is 23.7. The molecule has 0 atom stereocenters. The van der Waals surface area contributed by atoms with Crippen LogP contribution in [-0.4, -0.2) is 34.4 Å². The zero-order valence-corrected chi connectivity index (χ0v) is 11.8. The first-order valence-corrected chi connectivity index (χ1v) is 7.45. The second-order valence-corrected chi connectivity index (χ2v) is 5.80. The summed E-state index contributed by atoms with van der Waals surface area (Å²) in [5.74, 6) is 0.182. The maximum absolute atomic E-state index is 12.9. The van der Waals surface area contributed by atoms with Crippen molar-refractivity contribution in [2.24, 2.45) is 16.3 Å². The summed E-state index contributed by atoms with van der Waals surface area (Å²) in [5.41, 5.74) is 5.12. The minimum Gasteiger partial charge on any atom is -0.409 e. The smallest absolute Gasteiger partial charge is 0.236 e. The molecule has 108 valence electrons. The topological polar surface area (TPSA) is 78.9 Å². The van der Waals surface area contributed by atoms with Gasteiger partial charge in [0.1, 0.15) is 5.41 Å². The van der Waals surface area contributed by atoms with Crippen molar-refractivity contribution in [1.29, 1.82) is 0 Å². The predicted octanol–water partition coefficient (Wildman–Crippen LogP) is 2.08. The summed E-state index contributed by atoms with van der Waals surface area (Å²) in [6.45, 7) is 2.73. The van der Waals surface area contributed by atoms with Crippen molar-refractivity contribution in [3.05, 3.63) is 0 Å². The summed E-state index contributed by atoms with van der Waals surface area (Å²) >= 11 is 0. The van der Waals surface area contributed by atoms with Crippen molar-refractivity contribution in [2.45, 2.75) is 64.3 Å². The monoisotopic (exact) mass is 267 g/mol. The molecular formula is C14H25N3O2. The van der Waals surface area contributed by atoms with Gasteiger partial charge in [-0.15, -0.1) is 0 Å². The van der Waals surface area contributed by atoms with E-state index < -0.39 is 5.41 Å². The molecule has 2 fully saturated rings. The third-order valence-corrected chi connectivity index (χ3v) is 4.83. The number of rotatable bonds is 4. The zero-order chi connectivity index (χ0) is 13.9. The fourth-order valence-corrected chi connectivity index (χ4v) is 3.71. The Balaban J connectivity index is 2.23. The van der Waals surface area contributed by atoms with Gasteiger partial charge in [-0.2, -0.15) is 0 Å². The Morgan fingerprint density at radius 2 is 1.89 bits per heavy atom. The van der Waals surface area contributed by atoms with Crippen LogP contribution in [0.2, 0.25) is 0 Å². The fourth-order valence-electron chi connectivity index (χ4n) is 3.71. The molecule has 5 heteroatoms. The van der Waals surface area contributed by atoms with E-state index in [1.165, 1.54) is 12.8 Å². The Morgan fingerprint density at radius 1 is 1.32 bits per heavy atom. The molecule has 0 bridgehead atoms. The van der Waals surface area contributed by atoms with Crippen molar-refractivity contribution < 1.29 is 10.0 Å². The average Bonchev–Trinajstić information content (AvgIpc) is 3.10. The van der Waals surface area contributed by atoms with E-state index in [1.807, 2.05) is 11.8 Å². The summed E-state index contributed by atoms with van der Waals surface area (Å²) in [7, 11) is 0. The van der Waals surface area contributed by atoms with Gasteiger partial charge in [-0.1, -0.05) is 30.8 Å². The van der Waals surface area contributed by atoms with Crippen LogP contribution >= 0.6 is 0 Å². The number of oxime groups is 1. The lowest BCUT2D eigenvalue weighted by Gasteiger charge is -2.36. The highest BCUT2D eigenvalue weighted by atomic mass is 16.4. The summed E-state index contributed by atoms with van der Waals surface area (Å²) in [4.78, 5) is 14.9. The van der Waals surface area contributed by atoms with E-state index in [1.54, 1.807) is 0 Å². The van der Waals surface area contributed by atoms with Gasteiger partial charge in [-0.3, -0.25) is 4.79 Å². The molecule has 1 amide bonds. The maximum atomic E-state index is 12.9. The highest BCUT2D eigenvalue weighted by Crippen LogP contribution is 2.41. The Morgan fingerprint density at radius 3 is 2.37 bits per heavy atom. The van der Waals surface area contributed by atoms with Gasteiger partial charge in [0.15, 0.2) is 5.84 Å². The lowest BCUT2D eigenvalue weighted by Crippen LogP contribution is -2.52. The molecule has 0 unspecified atom stereocenters. The first-order valence-electron chi connectivity index (χ1n) is 7.45. The van der Waals surface area contributed by atoms with Crippen LogP contribution < -0.4 is 5.73 Å². The minimum absolute atomic E-state index is 0.0784. The van der Waals surface area contributed by atoms with E-state index in [-0.39, 0.29) is 11.7 Å². The number of carbonyl (C=O) groups excluding carboxylic acids is 1. The van der Waals surface area contributed by atoms with E-state index in [2.05, 4.69) is 5.16 Å². The quantitative estimate of drug-likeness (QED) is 0.354. The number of nitrogens with two attached hydrogens (primary N) is 1. The lowest BCUT2D eigenvalue weighted by molar-refractivity contribution is -0.140. The Bertz CT molecular complexity index is 356. The third kappa shape index (κ3) is 2.42. The SMILES string of the molecule is CCN(C(=O)C1(C(N)=NO)CCCC1)C1CCCC1. The summed E-state index contributed by atoms with van der Waals surface area (Å²) < 4.78 is 0. The van der Waals surface area contributed by atoms with Crippen molar-refractivity contribution in [1.82, 2.24) is 4.90 Å². The molecule has 19 heavy (non-hydrogen) atoms. The van der Waals surface area contributed by atoms with Crippen LogP contribution in [0.4, 0.5) is 0 Å². The van der Waals surface area contributed by atoms with Gasteiger partial charge < -0.3 is 15.8 Å². The molecule has 0 aromatic rings. The molecule has 0 heterocycles. The van der Waals surface area contributed by atoms with Gasteiger partial charge in [0.25, 0.3) is 0 Å². The third-order valence-electron chi connectivity index (χ3n) is 4.83. The molecule has 0 aromatic carbocycles. The van der Waals surface area contributed by atoms with Gasteiger partial charge in [-0.25, -0.2) is 0 Å². The van der Waals surface area contributed by atoms with Gasteiger partial charge in [0, 0.05) is 12.6 Å². The molecule has 0 radical (unpaired) electrons. The molecule has 0 aromatic heterocycles. The van der Waals surface area contributed by atoms with E-state index in [0.29, 0.717) is 25.4 Å². The zero-order valence-electron chi connectivity index (χ0n) is 11.8. The Kier molecular flexibility index (Phi) is 4.32. The van der Waals surface area contributed by atoms with Crippen LogP contribution in [0, 0.1) is 5.41 Å². The van der Waals surface area contributed by atoms with Gasteiger partial charge >= 0.3 is 0 Å². The van der Waals surface area contributed by atoms with Gasteiger partial charge in [0.05, 0.1) is 0 Å². The summed E-state index contributed by atoms with van der Waals surface area (Å²) in [6, 6.07) is 0.349. The molecule has 2 rings (SSSR count). The summed E-state index contributed by atoms with van der Waals surface area (Å²) in [5, 5.41) is 12.2. The maximum Gasteiger partial charge on any atom is 0.236 e. The fraction of sp³-hybridized carbons (Fsp3) is 0.857. The van der Waals surface area contributed by atoms with Crippen LogP contribution in [0.5, 0.6) is 0 Å². The van der Waals surface area contributed by atoms with Crippen molar-refractivity contribution in [2.75, 3.05) is 6.54 Å². The average molecular weight is 267 g/mol. The van der Waals surface area contributed by atoms with Crippen molar-refractivity contribution >= 4 is 11.7 Å². The highest BCUT2D eigenvalue weighted by molar-refractivity contribution is 6.07. The molecule has 5 nitrogen and oxygen atoms in total. The molecule has 3 N–H and O–H groups in total. The predicted molar refractivity (Wildman–Crippen MR) is 74.0 cm³/mol. The van der Waals surface area contributed by atoms with E-state index in [4.69, 9.17) is 10.9 Å². The first kappa shape index (κ1) is 14.2.